The summed E-state index contributed by atoms with van der Waals surface area (Å²) in [5, 5.41) is 2.75. The lowest BCUT2D eigenvalue weighted by atomic mass is 9.81. The summed E-state index contributed by atoms with van der Waals surface area (Å²) in [7, 11) is 0. The lowest BCUT2D eigenvalue weighted by molar-refractivity contribution is -0.114. The van der Waals surface area contributed by atoms with Crippen LogP contribution in [0.25, 0.3) is 0 Å². The maximum atomic E-state index is 10.9. The van der Waals surface area contributed by atoms with Crippen LogP contribution in [0, 0.1) is 11.8 Å². The number of ether oxygens (including phenoxy) is 1. The van der Waals surface area contributed by atoms with Crippen LogP contribution in [-0.2, 0) is 4.79 Å². The van der Waals surface area contributed by atoms with Gasteiger partial charge >= 0.3 is 0 Å². The molecule has 2 rings (SSSR count). The van der Waals surface area contributed by atoms with Crippen LogP contribution in [0.5, 0.6) is 5.75 Å². The monoisotopic (exact) mass is 303 g/mol. The third kappa shape index (κ3) is 6.08. The van der Waals surface area contributed by atoms with E-state index in [4.69, 9.17) is 4.74 Å². The first kappa shape index (κ1) is 16.9. The molecule has 3 nitrogen and oxygen atoms in total. The normalized spacial score (nSPS) is 21.4. The molecule has 0 heterocycles. The Morgan fingerprint density at radius 3 is 2.45 bits per heavy atom. The van der Waals surface area contributed by atoms with E-state index in [9.17, 15) is 4.79 Å². The number of carbonyl (C=O) groups is 1. The molecule has 122 valence electrons. The van der Waals surface area contributed by atoms with Crippen LogP contribution in [0.15, 0.2) is 24.3 Å². The van der Waals surface area contributed by atoms with Gasteiger partial charge in [0.15, 0.2) is 0 Å². The third-order valence-electron chi connectivity index (χ3n) is 4.59. The molecule has 1 aromatic carbocycles. The van der Waals surface area contributed by atoms with Crippen LogP contribution < -0.4 is 10.1 Å². The summed E-state index contributed by atoms with van der Waals surface area (Å²) in [6.07, 6.45) is 9.43. The first-order valence-corrected chi connectivity index (χ1v) is 8.64. The number of benzene rings is 1. The number of anilines is 1. The van der Waals surface area contributed by atoms with Gasteiger partial charge in [-0.25, -0.2) is 0 Å². The fourth-order valence-corrected chi connectivity index (χ4v) is 3.18. The molecule has 0 aromatic heterocycles. The standard InChI is InChI=1S/C19H29NO2/c1-15-6-8-17(9-7-15)5-3-4-14-22-19-12-10-18(11-13-19)20-16(2)21/h10-13,15,17H,3-9,14H2,1-2H3,(H,20,21). The lowest BCUT2D eigenvalue weighted by Gasteiger charge is -2.25. The predicted octanol–water partition coefficient (Wildman–Crippen LogP) is 5.02. The lowest BCUT2D eigenvalue weighted by Crippen LogP contribution is -2.12. The maximum Gasteiger partial charge on any atom is 0.221 e. The summed E-state index contributed by atoms with van der Waals surface area (Å²) in [6, 6.07) is 7.57. The van der Waals surface area contributed by atoms with Crippen LogP contribution in [0.4, 0.5) is 5.69 Å². The number of nitrogens with one attached hydrogen (secondary N) is 1. The van der Waals surface area contributed by atoms with E-state index in [1.807, 2.05) is 24.3 Å². The summed E-state index contributed by atoms with van der Waals surface area (Å²) in [6.45, 7) is 4.67. The van der Waals surface area contributed by atoms with Crippen molar-refractivity contribution >= 4 is 11.6 Å². The van der Waals surface area contributed by atoms with Crippen molar-refractivity contribution in [2.45, 2.75) is 58.8 Å². The highest BCUT2D eigenvalue weighted by Gasteiger charge is 2.17. The molecule has 22 heavy (non-hydrogen) atoms. The van der Waals surface area contributed by atoms with Gasteiger partial charge in [-0.3, -0.25) is 4.79 Å². The molecule has 1 aromatic rings. The second kappa shape index (κ2) is 8.82. The van der Waals surface area contributed by atoms with Crippen LogP contribution in [0.1, 0.15) is 58.8 Å². The van der Waals surface area contributed by atoms with E-state index in [0.717, 1.165) is 36.3 Å². The molecule has 0 spiro atoms. The molecule has 1 amide bonds. The highest BCUT2D eigenvalue weighted by Crippen LogP contribution is 2.31. The predicted molar refractivity (Wildman–Crippen MR) is 91.2 cm³/mol. The Hall–Kier alpha value is -1.51. The fraction of sp³-hybridized carbons (Fsp3) is 0.632. The first-order chi connectivity index (χ1) is 10.6. The molecule has 1 aliphatic carbocycles. The third-order valence-corrected chi connectivity index (χ3v) is 4.59. The molecule has 0 radical (unpaired) electrons. The van der Waals surface area contributed by atoms with Gasteiger partial charge in [0, 0.05) is 12.6 Å². The highest BCUT2D eigenvalue weighted by atomic mass is 16.5. The van der Waals surface area contributed by atoms with Crippen molar-refractivity contribution in [3.8, 4) is 5.75 Å². The zero-order valence-electron chi connectivity index (χ0n) is 13.9. The average Bonchev–Trinajstić information content (AvgIpc) is 2.50. The smallest absolute Gasteiger partial charge is 0.221 e. The summed E-state index contributed by atoms with van der Waals surface area (Å²) < 4.78 is 5.76. The Labute approximate surface area is 134 Å². The van der Waals surface area contributed by atoms with Gasteiger partial charge in [0.2, 0.25) is 5.91 Å². The Balaban J connectivity index is 1.57. The van der Waals surface area contributed by atoms with Gasteiger partial charge in [-0.1, -0.05) is 39.0 Å². The van der Waals surface area contributed by atoms with Gasteiger partial charge in [-0.05, 0) is 48.9 Å². The summed E-state index contributed by atoms with van der Waals surface area (Å²) in [5.74, 6) is 2.72. The van der Waals surface area contributed by atoms with Crippen molar-refractivity contribution in [3.05, 3.63) is 24.3 Å². The molecular formula is C19H29NO2. The van der Waals surface area contributed by atoms with E-state index in [1.165, 1.54) is 45.4 Å². The maximum absolute atomic E-state index is 10.9. The van der Waals surface area contributed by atoms with Crippen molar-refractivity contribution in [3.63, 3.8) is 0 Å². The highest BCUT2D eigenvalue weighted by molar-refractivity contribution is 5.88. The number of unbranched alkanes of at least 4 members (excludes halogenated alkanes) is 1. The summed E-state index contributed by atoms with van der Waals surface area (Å²) >= 11 is 0. The Morgan fingerprint density at radius 1 is 1.14 bits per heavy atom. The fourth-order valence-electron chi connectivity index (χ4n) is 3.18. The van der Waals surface area contributed by atoms with Gasteiger partial charge < -0.3 is 10.1 Å². The molecule has 1 fully saturated rings. The van der Waals surface area contributed by atoms with E-state index in [1.54, 1.807) is 0 Å². The van der Waals surface area contributed by atoms with Gasteiger partial charge in [0.25, 0.3) is 0 Å². The second-order valence-electron chi connectivity index (χ2n) is 6.68. The molecule has 0 bridgehead atoms. The van der Waals surface area contributed by atoms with Gasteiger partial charge in [-0.2, -0.15) is 0 Å². The molecule has 0 saturated heterocycles. The number of rotatable bonds is 7. The Bertz CT molecular complexity index is 447. The minimum atomic E-state index is -0.0502. The second-order valence-corrected chi connectivity index (χ2v) is 6.68. The van der Waals surface area contributed by atoms with Crippen molar-refractivity contribution in [1.82, 2.24) is 0 Å². The van der Waals surface area contributed by atoms with Gasteiger partial charge in [-0.15, -0.1) is 0 Å². The number of amides is 1. The SMILES string of the molecule is CC(=O)Nc1ccc(OCCCCC2CCC(C)CC2)cc1. The Kier molecular flexibility index (Phi) is 6.75. The summed E-state index contributed by atoms with van der Waals surface area (Å²) in [4.78, 5) is 10.9. The van der Waals surface area contributed by atoms with Gasteiger partial charge in [0.1, 0.15) is 5.75 Å². The van der Waals surface area contributed by atoms with E-state index < -0.39 is 0 Å². The van der Waals surface area contributed by atoms with Crippen LogP contribution >= 0.6 is 0 Å². The van der Waals surface area contributed by atoms with E-state index >= 15 is 0 Å². The minimum absolute atomic E-state index is 0.0502. The topological polar surface area (TPSA) is 38.3 Å². The summed E-state index contributed by atoms with van der Waals surface area (Å²) in [5.41, 5.74) is 0.811. The Morgan fingerprint density at radius 2 is 1.82 bits per heavy atom. The minimum Gasteiger partial charge on any atom is -0.494 e. The molecular weight excluding hydrogens is 274 g/mol. The van der Waals surface area contributed by atoms with Crippen LogP contribution in [0.2, 0.25) is 0 Å². The molecule has 3 heteroatoms. The van der Waals surface area contributed by atoms with Crippen molar-refractivity contribution in [2.75, 3.05) is 11.9 Å². The molecule has 1 saturated carbocycles. The quantitative estimate of drug-likeness (QED) is 0.718. The molecule has 0 aliphatic heterocycles. The number of hydrogen-bond acceptors (Lipinski definition) is 2. The van der Waals surface area contributed by atoms with E-state index in [2.05, 4.69) is 12.2 Å². The molecule has 1 N–H and O–H groups in total. The van der Waals surface area contributed by atoms with Crippen LogP contribution in [-0.4, -0.2) is 12.5 Å². The number of hydrogen-bond donors (Lipinski definition) is 1. The average molecular weight is 303 g/mol. The van der Waals surface area contributed by atoms with E-state index in [-0.39, 0.29) is 5.91 Å². The van der Waals surface area contributed by atoms with E-state index in [0.29, 0.717) is 0 Å². The molecule has 0 unspecified atom stereocenters. The number of carbonyl (C=O) groups excluding carboxylic acids is 1. The zero-order valence-corrected chi connectivity index (χ0v) is 13.9. The van der Waals surface area contributed by atoms with Crippen molar-refractivity contribution in [1.29, 1.82) is 0 Å². The van der Waals surface area contributed by atoms with Crippen molar-refractivity contribution < 1.29 is 9.53 Å². The molecule has 0 atom stereocenters. The first-order valence-electron chi connectivity index (χ1n) is 8.64. The molecule has 1 aliphatic rings. The van der Waals surface area contributed by atoms with Crippen molar-refractivity contribution in [2.24, 2.45) is 11.8 Å². The largest absolute Gasteiger partial charge is 0.494 e. The van der Waals surface area contributed by atoms with Crippen LogP contribution in [0.3, 0.4) is 0 Å². The van der Waals surface area contributed by atoms with Gasteiger partial charge in [0.05, 0.1) is 6.61 Å². The zero-order chi connectivity index (χ0) is 15.8.